The topological polar surface area (TPSA) is 154 Å². The van der Waals surface area contributed by atoms with E-state index in [0.29, 0.717) is 0 Å². The van der Waals surface area contributed by atoms with Crippen LogP contribution in [0, 0.1) is 5.41 Å². The number of esters is 1. The van der Waals surface area contributed by atoms with Gasteiger partial charge in [-0.3, -0.25) is 5.41 Å². The highest BCUT2D eigenvalue weighted by molar-refractivity contribution is 5.90. The zero-order chi connectivity index (χ0) is 12.0. The molecule has 0 aromatic heterocycles. The first-order chi connectivity index (χ1) is 6.82. The molecule has 9 nitrogen and oxygen atoms in total. The molecule has 0 fully saturated rings. The van der Waals surface area contributed by atoms with Crippen molar-refractivity contribution in [3.8, 4) is 0 Å². The summed E-state index contributed by atoms with van der Waals surface area (Å²) in [6.45, 7) is 0. The lowest BCUT2D eigenvalue weighted by atomic mass is 10.2. The minimum Gasteiger partial charge on any atom is -0.449 e. The van der Waals surface area contributed by atoms with E-state index >= 15 is 0 Å². The molecule has 0 bridgehead atoms. The number of carbonyl (C=O) groups excluding carboxylic acids is 1. The lowest BCUT2D eigenvalue weighted by molar-refractivity contribution is -0.148. The zero-order valence-electron chi connectivity index (χ0n) is 7.17. The highest BCUT2D eigenvalue weighted by Gasteiger charge is 2.22. The van der Waals surface area contributed by atoms with Crippen molar-refractivity contribution in [2.24, 2.45) is 0 Å². The molecule has 0 spiro atoms. The highest BCUT2D eigenvalue weighted by Crippen LogP contribution is 1.98. The van der Waals surface area contributed by atoms with Gasteiger partial charge in [0, 0.05) is 0 Å². The second-order valence-electron chi connectivity index (χ2n) is 2.20. The van der Waals surface area contributed by atoms with Gasteiger partial charge in [0.15, 0.2) is 12.0 Å². The first kappa shape index (κ1) is 12.8. The largest absolute Gasteiger partial charge is 0.513 e. The molecule has 0 aliphatic rings. The van der Waals surface area contributed by atoms with Crippen molar-refractivity contribution in [1.29, 1.82) is 5.41 Å². The molecule has 0 aromatic rings. The molecule has 1 unspecified atom stereocenters. The molecule has 4 N–H and O–H groups in total. The van der Waals surface area contributed by atoms with Crippen LogP contribution in [0.5, 0.6) is 0 Å². The van der Waals surface area contributed by atoms with Gasteiger partial charge in [0.1, 0.15) is 0 Å². The highest BCUT2D eigenvalue weighted by atomic mass is 16.7. The third-order valence-electron chi connectivity index (χ3n) is 1.05. The number of aliphatic hydroxyl groups excluding tert-OH is 1. The van der Waals surface area contributed by atoms with Crippen LogP contribution in [0.4, 0.5) is 9.59 Å². The first-order valence-electron chi connectivity index (χ1n) is 3.43. The lowest BCUT2D eigenvalue weighted by Gasteiger charge is -2.07. The number of aliphatic hydroxyl groups is 1. The normalized spacial score (nSPS) is 11.3. The van der Waals surface area contributed by atoms with Crippen molar-refractivity contribution in [3.05, 3.63) is 0 Å². The Balaban J connectivity index is 4.07. The van der Waals surface area contributed by atoms with Crippen LogP contribution < -0.4 is 0 Å². The van der Waals surface area contributed by atoms with Crippen molar-refractivity contribution in [2.45, 2.75) is 12.5 Å². The lowest BCUT2D eigenvalue weighted by Crippen LogP contribution is -2.28. The van der Waals surface area contributed by atoms with Crippen LogP contribution in [-0.4, -0.2) is 45.6 Å². The van der Waals surface area contributed by atoms with E-state index in [1.165, 1.54) is 0 Å². The van der Waals surface area contributed by atoms with Gasteiger partial charge >= 0.3 is 18.3 Å². The zero-order valence-corrected chi connectivity index (χ0v) is 7.17. The fourth-order valence-electron chi connectivity index (χ4n) is 0.560. The fraction of sp³-hybridized carbons (Fsp3) is 0.333. The summed E-state index contributed by atoms with van der Waals surface area (Å²) < 4.78 is 7.31. The standard InChI is InChI=1S/C6H7NO8/c7-3(14-5(10)11)1-2(8)4(9)15-6(12)13/h2,7-8H,1H2,(H,10,11)(H,12,13). The van der Waals surface area contributed by atoms with Crippen molar-refractivity contribution >= 4 is 24.2 Å². The molecule has 84 valence electrons. The van der Waals surface area contributed by atoms with Crippen molar-refractivity contribution in [2.75, 3.05) is 0 Å². The third kappa shape index (κ3) is 5.99. The second kappa shape index (κ2) is 5.54. The summed E-state index contributed by atoms with van der Waals surface area (Å²) in [5.41, 5.74) is 0. The van der Waals surface area contributed by atoms with Crippen LogP contribution in [0.15, 0.2) is 0 Å². The van der Waals surface area contributed by atoms with Gasteiger partial charge in [-0.25, -0.2) is 14.4 Å². The van der Waals surface area contributed by atoms with Gasteiger partial charge in [-0.1, -0.05) is 0 Å². The van der Waals surface area contributed by atoms with Gasteiger partial charge in [0.05, 0.1) is 6.42 Å². The molecule has 0 aliphatic heterocycles. The van der Waals surface area contributed by atoms with E-state index in [1.807, 2.05) is 0 Å². The van der Waals surface area contributed by atoms with Gasteiger partial charge in [-0.15, -0.1) is 0 Å². The molecule has 0 heterocycles. The number of carboxylic acid groups (broad SMARTS) is 2. The van der Waals surface area contributed by atoms with Crippen molar-refractivity contribution in [1.82, 2.24) is 0 Å². The van der Waals surface area contributed by atoms with Crippen LogP contribution in [-0.2, 0) is 14.3 Å². The van der Waals surface area contributed by atoms with E-state index in [1.54, 1.807) is 0 Å². The number of carbonyl (C=O) groups is 3. The van der Waals surface area contributed by atoms with Crippen molar-refractivity contribution < 1.29 is 39.2 Å². The average Bonchev–Trinajstić information content (AvgIpc) is 2.00. The van der Waals surface area contributed by atoms with E-state index in [4.69, 9.17) is 20.7 Å². The summed E-state index contributed by atoms with van der Waals surface area (Å²) >= 11 is 0. The Bertz CT molecular complexity index is 298. The molecule has 1 atom stereocenters. The number of hydrogen-bond acceptors (Lipinski definition) is 7. The Morgan fingerprint density at radius 3 is 2.00 bits per heavy atom. The van der Waals surface area contributed by atoms with Gasteiger partial charge in [-0.2, -0.15) is 0 Å². The smallest absolute Gasteiger partial charge is 0.449 e. The maximum atomic E-state index is 10.6. The van der Waals surface area contributed by atoms with Gasteiger partial charge in [0.25, 0.3) is 0 Å². The third-order valence-corrected chi connectivity index (χ3v) is 1.05. The van der Waals surface area contributed by atoms with Crippen LogP contribution in [0.3, 0.4) is 0 Å². The Labute approximate surface area is 82.3 Å². The Morgan fingerprint density at radius 2 is 1.60 bits per heavy atom. The molecule has 0 aromatic carbocycles. The number of hydrogen-bond donors (Lipinski definition) is 4. The minimum atomic E-state index is -1.96. The monoisotopic (exact) mass is 221 g/mol. The van der Waals surface area contributed by atoms with Crippen molar-refractivity contribution in [3.63, 3.8) is 0 Å². The quantitative estimate of drug-likeness (QED) is 0.218. The summed E-state index contributed by atoms with van der Waals surface area (Å²) in [5.74, 6) is -2.42. The predicted molar refractivity (Wildman–Crippen MR) is 41.6 cm³/mol. The van der Waals surface area contributed by atoms with E-state index in [2.05, 4.69) is 9.47 Å². The number of ether oxygens (including phenoxy) is 2. The summed E-state index contributed by atoms with van der Waals surface area (Å²) in [4.78, 5) is 30.4. The Morgan fingerprint density at radius 1 is 1.13 bits per heavy atom. The maximum absolute atomic E-state index is 10.6. The van der Waals surface area contributed by atoms with Crippen LogP contribution >= 0.6 is 0 Å². The van der Waals surface area contributed by atoms with E-state index in [9.17, 15) is 14.4 Å². The number of nitrogens with one attached hydrogen (secondary N) is 1. The molecule has 0 rings (SSSR count). The SMILES string of the molecule is N=C(CC(O)C(=O)OC(=O)O)OC(=O)O. The fourth-order valence-corrected chi connectivity index (χ4v) is 0.560. The molecule has 15 heavy (non-hydrogen) atoms. The van der Waals surface area contributed by atoms with Crippen LogP contribution in [0.1, 0.15) is 6.42 Å². The maximum Gasteiger partial charge on any atom is 0.513 e. The van der Waals surface area contributed by atoms with Crippen LogP contribution in [0.25, 0.3) is 0 Å². The first-order valence-corrected chi connectivity index (χ1v) is 3.43. The van der Waals surface area contributed by atoms with E-state index in [0.717, 1.165) is 0 Å². The summed E-state index contributed by atoms with van der Waals surface area (Å²) in [6, 6.07) is 0. The second-order valence-corrected chi connectivity index (χ2v) is 2.20. The van der Waals surface area contributed by atoms with E-state index < -0.39 is 36.7 Å². The molecular weight excluding hydrogens is 214 g/mol. The molecule has 0 amide bonds. The summed E-state index contributed by atoms with van der Waals surface area (Å²) in [6.07, 6.45) is -6.45. The number of rotatable bonds is 3. The predicted octanol–water partition coefficient (Wildman–Crippen LogP) is -0.370. The van der Waals surface area contributed by atoms with Crippen LogP contribution in [0.2, 0.25) is 0 Å². The average molecular weight is 221 g/mol. The minimum absolute atomic E-state index is 0.793. The van der Waals surface area contributed by atoms with E-state index in [-0.39, 0.29) is 0 Å². The molecule has 0 radical (unpaired) electrons. The summed E-state index contributed by atoms with van der Waals surface area (Å²) in [7, 11) is 0. The molecule has 9 heteroatoms. The van der Waals surface area contributed by atoms with Gasteiger partial charge in [0.2, 0.25) is 0 Å². The molecular formula is C6H7NO8. The Hall–Kier alpha value is -2.16. The van der Waals surface area contributed by atoms with Gasteiger partial charge in [-0.05, 0) is 0 Å². The Kier molecular flexibility index (Phi) is 4.75. The van der Waals surface area contributed by atoms with Gasteiger partial charge < -0.3 is 24.8 Å². The molecule has 0 saturated heterocycles. The summed E-state index contributed by atoms with van der Waals surface area (Å²) in [5, 5.41) is 31.7. The molecule has 0 saturated carbocycles. The molecule has 0 aliphatic carbocycles.